The molecule has 0 fully saturated rings. The number of para-hydroxylation sites is 2. The third-order valence-electron chi connectivity index (χ3n) is 3.56. The van der Waals surface area contributed by atoms with Crippen LogP contribution in [0, 0.1) is 0 Å². The Kier molecular flexibility index (Phi) is 5.79. The van der Waals surface area contributed by atoms with Gasteiger partial charge < -0.3 is 5.11 Å². The van der Waals surface area contributed by atoms with Crippen molar-refractivity contribution >= 4 is 40.6 Å². The molecule has 0 amide bonds. The number of nitrogens with zero attached hydrogens (tertiary/aromatic N) is 2. The number of aromatic nitrogens is 3. The Morgan fingerprint density at radius 1 is 0.857 bits per heavy atom. The molecule has 2 N–H and O–H groups in total. The molecule has 0 spiro atoms. The molecule has 0 saturated heterocycles. The second kappa shape index (κ2) is 7.59. The molecule has 0 aliphatic heterocycles. The first-order chi connectivity index (χ1) is 9.84. The van der Waals surface area contributed by atoms with Crippen LogP contribution in [0.5, 0.6) is 5.75 Å². The number of aromatic hydroxyl groups is 1. The van der Waals surface area contributed by atoms with Gasteiger partial charge in [-0.05, 0) is 48.9 Å². The van der Waals surface area contributed by atoms with Crippen molar-refractivity contribution in [3.8, 4) is 5.75 Å². The van der Waals surface area contributed by atoms with E-state index in [9.17, 15) is 5.11 Å². The quantitative estimate of drug-likeness (QED) is 0.561. The van der Waals surface area contributed by atoms with Gasteiger partial charge in [-0.25, -0.2) is 0 Å². The van der Waals surface area contributed by atoms with E-state index in [0.717, 1.165) is 42.3 Å². The predicted molar refractivity (Wildman–Crippen MR) is 84.4 cm³/mol. The maximum absolute atomic E-state index is 9.72. The number of aryl methyl sites for hydroxylation is 2. The first-order valence-corrected chi connectivity index (χ1v) is 6.90. The summed E-state index contributed by atoms with van der Waals surface area (Å²) in [4.78, 5) is 0. The van der Waals surface area contributed by atoms with Gasteiger partial charge in [0.15, 0.2) is 0 Å². The first kappa shape index (κ1) is 16.0. The van der Waals surface area contributed by atoms with Crippen molar-refractivity contribution in [2.24, 2.45) is 0 Å². The average molecular weight is 290 g/mol. The number of hydrogen-bond acceptors (Lipinski definition) is 3. The van der Waals surface area contributed by atoms with E-state index in [1.807, 2.05) is 30.3 Å². The van der Waals surface area contributed by atoms with Gasteiger partial charge in [-0.1, -0.05) is 30.3 Å². The Morgan fingerprint density at radius 2 is 1.57 bits per heavy atom. The van der Waals surface area contributed by atoms with Gasteiger partial charge in [0.1, 0.15) is 16.8 Å². The molecule has 3 rings (SSSR count). The van der Waals surface area contributed by atoms with Crippen LogP contribution >= 0.6 is 0 Å². The molecule has 2 aromatic carbocycles. The molecule has 1 aromatic heterocycles. The molecule has 0 aliphatic rings. The van der Waals surface area contributed by atoms with Crippen molar-refractivity contribution in [2.45, 2.75) is 25.7 Å². The zero-order valence-corrected chi connectivity index (χ0v) is 14.2. The number of phenolic OH excluding ortho intramolecular Hbond substituents is 1. The average Bonchev–Trinajstić information content (AvgIpc) is 2.94. The fourth-order valence-corrected chi connectivity index (χ4v) is 2.48. The number of H-pyrrole nitrogens is 1. The molecule has 21 heavy (non-hydrogen) atoms. The van der Waals surface area contributed by atoms with E-state index < -0.39 is 0 Å². The standard InChI is InChI=1S/C16H17N3O.Na/c20-15-11-4-3-7-12(15)6-1-2-8-13-9-5-10-14-16(13)18-19-17-14;/h3-5,7,9-11,20H,1-2,6,8H2,(H,17,18,19);. The molecule has 0 aliphatic carbocycles. The zero-order chi connectivity index (χ0) is 13.8. The third-order valence-corrected chi connectivity index (χ3v) is 3.56. The van der Waals surface area contributed by atoms with Crippen molar-refractivity contribution < 1.29 is 5.11 Å². The Hall–Kier alpha value is -1.36. The zero-order valence-electron chi connectivity index (χ0n) is 12.2. The molecular weight excluding hydrogens is 273 g/mol. The second-order valence-electron chi connectivity index (χ2n) is 4.94. The van der Waals surface area contributed by atoms with E-state index >= 15 is 0 Å². The topological polar surface area (TPSA) is 61.8 Å². The number of nitrogens with one attached hydrogen (secondary N) is 1. The van der Waals surface area contributed by atoms with Gasteiger partial charge in [-0.2, -0.15) is 15.4 Å². The van der Waals surface area contributed by atoms with Crippen LogP contribution in [-0.4, -0.2) is 50.1 Å². The van der Waals surface area contributed by atoms with Crippen molar-refractivity contribution in [3.05, 3.63) is 53.6 Å². The summed E-state index contributed by atoms with van der Waals surface area (Å²) < 4.78 is 0. The fourth-order valence-electron chi connectivity index (χ4n) is 2.48. The second-order valence-corrected chi connectivity index (χ2v) is 4.94. The number of phenols is 1. The maximum Gasteiger partial charge on any atom is 0.118 e. The van der Waals surface area contributed by atoms with Crippen LogP contribution in [-0.2, 0) is 12.8 Å². The molecule has 1 heterocycles. The summed E-state index contributed by atoms with van der Waals surface area (Å²) in [5.74, 6) is 0.395. The minimum atomic E-state index is 0. The predicted octanol–water partition coefficient (Wildman–Crippen LogP) is 2.85. The minimum Gasteiger partial charge on any atom is -0.508 e. The summed E-state index contributed by atoms with van der Waals surface area (Å²) in [7, 11) is 0. The maximum atomic E-state index is 9.72. The molecule has 0 atom stereocenters. The number of hydrogen-bond donors (Lipinski definition) is 2. The van der Waals surface area contributed by atoms with Crippen molar-refractivity contribution in [1.82, 2.24) is 15.4 Å². The van der Waals surface area contributed by atoms with Crippen molar-refractivity contribution in [1.29, 1.82) is 0 Å². The summed E-state index contributed by atoms with van der Waals surface area (Å²) >= 11 is 0. The van der Waals surface area contributed by atoms with Crippen LogP contribution in [0.4, 0.5) is 0 Å². The smallest absolute Gasteiger partial charge is 0.118 e. The summed E-state index contributed by atoms with van der Waals surface area (Å²) in [6, 6.07) is 13.6. The fraction of sp³-hybridized carbons (Fsp3) is 0.250. The van der Waals surface area contributed by atoms with Gasteiger partial charge in [0.05, 0.1) is 0 Å². The molecule has 0 unspecified atom stereocenters. The van der Waals surface area contributed by atoms with E-state index in [1.54, 1.807) is 6.07 Å². The Morgan fingerprint density at radius 3 is 2.38 bits per heavy atom. The number of rotatable bonds is 5. The van der Waals surface area contributed by atoms with Gasteiger partial charge in [-0.15, -0.1) is 0 Å². The summed E-state index contributed by atoms with van der Waals surface area (Å²) in [6.07, 6.45) is 4.01. The van der Waals surface area contributed by atoms with Gasteiger partial charge in [-0.3, -0.25) is 0 Å². The van der Waals surface area contributed by atoms with Gasteiger partial charge >= 0.3 is 0 Å². The van der Waals surface area contributed by atoms with Crippen LogP contribution < -0.4 is 0 Å². The third kappa shape index (κ3) is 3.84. The van der Waals surface area contributed by atoms with Crippen LogP contribution in [0.3, 0.4) is 0 Å². The number of unbranched alkanes of at least 4 members (excludes halogenated alkanes) is 1. The van der Waals surface area contributed by atoms with Crippen molar-refractivity contribution in [3.63, 3.8) is 0 Å². The summed E-state index contributed by atoms with van der Waals surface area (Å²) in [5, 5.41) is 20.7. The monoisotopic (exact) mass is 290 g/mol. The molecule has 3 aromatic rings. The SMILES string of the molecule is Oc1ccccc1CCCCc1cccc2n[nH]nc12.[Na]. The van der Waals surface area contributed by atoms with Crippen LogP contribution in [0.1, 0.15) is 24.0 Å². The van der Waals surface area contributed by atoms with E-state index in [-0.39, 0.29) is 29.6 Å². The number of fused-ring (bicyclic) bond motifs is 1. The number of benzene rings is 2. The largest absolute Gasteiger partial charge is 0.508 e. The van der Waals surface area contributed by atoms with E-state index in [4.69, 9.17) is 0 Å². The normalized spacial score (nSPS) is 10.5. The Balaban J connectivity index is 0.00000161. The van der Waals surface area contributed by atoms with E-state index in [1.165, 1.54) is 5.56 Å². The number of aromatic amines is 1. The Bertz CT molecular complexity index is 711. The molecule has 4 nitrogen and oxygen atoms in total. The van der Waals surface area contributed by atoms with Crippen molar-refractivity contribution in [2.75, 3.05) is 0 Å². The molecule has 0 saturated carbocycles. The molecule has 103 valence electrons. The summed E-state index contributed by atoms with van der Waals surface area (Å²) in [5.41, 5.74) is 4.14. The molecular formula is C16H17N3NaO. The van der Waals surface area contributed by atoms with Gasteiger partial charge in [0.2, 0.25) is 0 Å². The van der Waals surface area contributed by atoms with E-state index in [0.29, 0.717) is 5.75 Å². The van der Waals surface area contributed by atoms with Crippen LogP contribution in [0.15, 0.2) is 42.5 Å². The molecule has 1 radical (unpaired) electrons. The summed E-state index contributed by atoms with van der Waals surface area (Å²) in [6.45, 7) is 0. The van der Waals surface area contributed by atoms with Gasteiger partial charge in [0, 0.05) is 29.6 Å². The Labute approximate surface area is 145 Å². The molecule has 5 heteroatoms. The van der Waals surface area contributed by atoms with Gasteiger partial charge in [0.25, 0.3) is 0 Å². The first-order valence-electron chi connectivity index (χ1n) is 6.90. The van der Waals surface area contributed by atoms with Crippen LogP contribution in [0.25, 0.3) is 11.0 Å². The minimum absolute atomic E-state index is 0. The molecule has 0 bridgehead atoms. The van der Waals surface area contributed by atoms with Crippen LogP contribution in [0.2, 0.25) is 0 Å². The van der Waals surface area contributed by atoms with E-state index in [2.05, 4.69) is 21.5 Å².